The van der Waals surface area contributed by atoms with E-state index in [1.54, 1.807) is 0 Å². The van der Waals surface area contributed by atoms with Crippen LogP contribution in [0, 0.1) is 0 Å². The zero-order valence-electron chi connectivity index (χ0n) is 19.1. The number of rotatable bonds is 4. The van der Waals surface area contributed by atoms with E-state index in [1.165, 1.54) is 55.5 Å². The molecule has 158 valence electrons. The molecule has 1 N–H and O–H groups in total. The van der Waals surface area contributed by atoms with Crippen LogP contribution in [0.2, 0.25) is 0 Å². The van der Waals surface area contributed by atoms with Crippen molar-refractivity contribution in [1.29, 1.82) is 0 Å². The van der Waals surface area contributed by atoms with Crippen molar-refractivity contribution in [2.75, 3.05) is 38.0 Å². The minimum absolute atomic E-state index is 1.17. The lowest BCUT2D eigenvalue weighted by Gasteiger charge is -2.16. The first-order valence-electron chi connectivity index (χ1n) is 10.9. The van der Waals surface area contributed by atoms with Crippen LogP contribution < -0.4 is 25.4 Å². The van der Waals surface area contributed by atoms with Gasteiger partial charge in [-0.15, -0.1) is 0 Å². The first-order chi connectivity index (χ1) is 15.5. The molecular weight excluding hydrogens is 390 g/mol. The Hall–Kier alpha value is -3.85. The van der Waals surface area contributed by atoms with Crippen molar-refractivity contribution in [3.05, 3.63) is 113 Å². The third-order valence-electron chi connectivity index (χ3n) is 6.14. The molecule has 0 amide bonds. The highest BCUT2D eigenvalue weighted by atomic mass is 15.1. The van der Waals surface area contributed by atoms with E-state index >= 15 is 0 Å². The van der Waals surface area contributed by atoms with Crippen molar-refractivity contribution in [2.45, 2.75) is 0 Å². The first-order valence-corrected chi connectivity index (χ1v) is 10.9. The smallest absolute Gasteiger partial charge is 0.212 e. The van der Waals surface area contributed by atoms with E-state index in [0.717, 1.165) is 0 Å². The molecule has 1 aliphatic rings. The van der Waals surface area contributed by atoms with Crippen LogP contribution >= 0.6 is 0 Å². The summed E-state index contributed by atoms with van der Waals surface area (Å²) in [5.41, 5.74) is 9.76. The molecular formula is C29H28N3+. The van der Waals surface area contributed by atoms with Gasteiger partial charge in [0, 0.05) is 51.7 Å². The Labute approximate surface area is 189 Å². The fourth-order valence-corrected chi connectivity index (χ4v) is 4.36. The highest BCUT2D eigenvalue weighted by molar-refractivity contribution is 5.82. The van der Waals surface area contributed by atoms with E-state index in [-0.39, 0.29) is 0 Å². The van der Waals surface area contributed by atoms with Gasteiger partial charge in [0.2, 0.25) is 11.0 Å². The van der Waals surface area contributed by atoms with Crippen LogP contribution in [0.3, 0.4) is 0 Å². The molecule has 0 unspecified atom stereocenters. The molecule has 0 bridgehead atoms. The number of hydrogen-bond donors (Lipinski definition) is 1. The molecule has 5 rings (SSSR count). The number of benzene rings is 4. The van der Waals surface area contributed by atoms with Crippen LogP contribution in [0.15, 0.2) is 91.0 Å². The molecule has 0 aromatic heterocycles. The lowest BCUT2D eigenvalue weighted by atomic mass is 9.93. The summed E-state index contributed by atoms with van der Waals surface area (Å²) in [4.78, 5) is 7.81. The molecule has 0 aliphatic carbocycles. The van der Waals surface area contributed by atoms with Crippen molar-refractivity contribution in [2.24, 2.45) is 0 Å². The summed E-state index contributed by atoms with van der Waals surface area (Å²) in [5.74, 6) is 0. The van der Waals surface area contributed by atoms with E-state index < -0.39 is 0 Å². The Bertz CT molecular complexity index is 1340. The average Bonchev–Trinajstić information content (AvgIpc) is 3.18. The Kier molecular flexibility index (Phi) is 5.02. The van der Waals surface area contributed by atoms with Crippen LogP contribution in [0.4, 0.5) is 17.1 Å². The molecule has 4 aromatic carbocycles. The highest BCUT2D eigenvalue weighted by Gasteiger charge is 2.19. The first kappa shape index (κ1) is 20.1. The normalized spacial score (nSPS) is 11.4. The van der Waals surface area contributed by atoms with E-state index in [2.05, 4.69) is 134 Å². The minimum atomic E-state index is 1.17. The molecule has 4 aromatic rings. The Morgan fingerprint density at radius 2 is 1.16 bits per heavy atom. The summed E-state index contributed by atoms with van der Waals surface area (Å²) in [6.07, 6.45) is 0. The zero-order chi connectivity index (χ0) is 22.2. The van der Waals surface area contributed by atoms with Crippen LogP contribution in [-0.2, 0) is 0 Å². The molecule has 3 nitrogen and oxygen atoms in total. The minimum Gasteiger partial charge on any atom is -0.378 e. The largest absolute Gasteiger partial charge is 0.378 e. The molecule has 0 saturated carbocycles. The lowest BCUT2D eigenvalue weighted by Crippen LogP contribution is -2.68. The van der Waals surface area contributed by atoms with E-state index in [0.29, 0.717) is 0 Å². The van der Waals surface area contributed by atoms with Crippen molar-refractivity contribution in [3.8, 4) is 11.1 Å². The summed E-state index contributed by atoms with van der Waals surface area (Å²) >= 11 is 0. The topological polar surface area (TPSA) is 20.5 Å². The summed E-state index contributed by atoms with van der Waals surface area (Å²) in [6.45, 7) is 0. The van der Waals surface area contributed by atoms with Gasteiger partial charge in [-0.1, -0.05) is 36.4 Å². The molecule has 32 heavy (non-hydrogen) atoms. The maximum absolute atomic E-state index is 3.54. The second kappa shape index (κ2) is 8.01. The van der Waals surface area contributed by atoms with Crippen molar-refractivity contribution >= 4 is 22.6 Å². The van der Waals surface area contributed by atoms with E-state index in [9.17, 15) is 0 Å². The van der Waals surface area contributed by atoms with Crippen LogP contribution in [0.1, 0.15) is 11.1 Å². The number of fused-ring (bicyclic) bond motifs is 3. The number of nitrogens with one attached hydrogen (secondary N) is 1. The monoisotopic (exact) mass is 418 g/mol. The molecule has 0 saturated heterocycles. The van der Waals surface area contributed by atoms with Gasteiger partial charge in [-0.05, 0) is 64.4 Å². The van der Waals surface area contributed by atoms with Gasteiger partial charge in [0.15, 0.2) is 0 Å². The van der Waals surface area contributed by atoms with Crippen LogP contribution in [-0.4, -0.2) is 28.2 Å². The SMILES string of the molecule is CN(C)c1ccc(C(c2ccc(N(C)C)cc2)=c2ccc3c(c2)-c2ccccc2[NH+]=3)cc1. The fourth-order valence-electron chi connectivity index (χ4n) is 4.36. The van der Waals surface area contributed by atoms with Gasteiger partial charge in [-0.2, -0.15) is 0 Å². The third-order valence-corrected chi connectivity index (χ3v) is 6.14. The van der Waals surface area contributed by atoms with Gasteiger partial charge in [0.05, 0.1) is 11.1 Å². The molecule has 1 aliphatic heterocycles. The molecule has 0 atom stereocenters. The Balaban J connectivity index is 1.74. The molecule has 3 heteroatoms. The second-order valence-corrected chi connectivity index (χ2v) is 8.69. The summed E-state index contributed by atoms with van der Waals surface area (Å²) in [7, 11) is 8.30. The molecule has 0 fully saturated rings. The number of hydrogen-bond acceptors (Lipinski definition) is 2. The zero-order valence-corrected chi connectivity index (χ0v) is 19.1. The average molecular weight is 419 g/mol. The van der Waals surface area contributed by atoms with E-state index in [1.807, 2.05) is 0 Å². The summed E-state index contributed by atoms with van der Waals surface area (Å²) < 4.78 is 0. The van der Waals surface area contributed by atoms with Gasteiger partial charge >= 0.3 is 0 Å². The molecule has 0 radical (unpaired) electrons. The number of nitrogens with zero attached hydrogens (tertiary/aromatic N) is 2. The van der Waals surface area contributed by atoms with Gasteiger partial charge < -0.3 is 9.80 Å². The summed E-state index contributed by atoms with van der Waals surface area (Å²) in [5, 5.41) is 2.39. The van der Waals surface area contributed by atoms with Gasteiger partial charge in [-0.3, -0.25) is 0 Å². The van der Waals surface area contributed by atoms with E-state index in [4.69, 9.17) is 0 Å². The Morgan fingerprint density at radius 3 is 1.72 bits per heavy atom. The lowest BCUT2D eigenvalue weighted by molar-refractivity contribution is -0.397. The van der Waals surface area contributed by atoms with Gasteiger partial charge in [0.1, 0.15) is 0 Å². The molecule has 0 spiro atoms. The van der Waals surface area contributed by atoms with Gasteiger partial charge in [-0.25, -0.2) is 4.99 Å². The number of anilines is 2. The highest BCUT2D eigenvalue weighted by Crippen LogP contribution is 2.27. The van der Waals surface area contributed by atoms with Crippen molar-refractivity contribution in [3.63, 3.8) is 0 Å². The predicted molar refractivity (Wildman–Crippen MR) is 134 cm³/mol. The number of para-hydroxylation sites is 1. The quantitative estimate of drug-likeness (QED) is 0.484. The summed E-state index contributed by atoms with van der Waals surface area (Å²) in [6, 6.07) is 32.9. The standard InChI is InChI=1S/C29H27N3/c1-31(2)23-14-9-20(10-15-23)29(21-11-16-24(17-12-21)32(3)4)22-13-18-28-26(19-22)25-7-5-6-8-27(25)30-28/h5-19H,1-4H3/p+1. The van der Waals surface area contributed by atoms with Gasteiger partial charge in [0.25, 0.3) is 0 Å². The second-order valence-electron chi connectivity index (χ2n) is 8.69. The van der Waals surface area contributed by atoms with Crippen LogP contribution in [0.5, 0.6) is 0 Å². The maximum Gasteiger partial charge on any atom is 0.212 e. The fraction of sp³-hybridized carbons (Fsp3) is 0.138. The van der Waals surface area contributed by atoms with Crippen LogP contribution in [0.25, 0.3) is 16.7 Å². The predicted octanol–water partition coefficient (Wildman–Crippen LogP) is 3.08. The molecule has 1 heterocycles. The third kappa shape index (κ3) is 3.56. The van der Waals surface area contributed by atoms with Crippen molar-refractivity contribution in [1.82, 2.24) is 0 Å². The Morgan fingerprint density at radius 1 is 0.594 bits per heavy atom. The van der Waals surface area contributed by atoms with Crippen molar-refractivity contribution < 1.29 is 4.99 Å². The maximum atomic E-state index is 3.54.